The van der Waals surface area contributed by atoms with Crippen molar-refractivity contribution in [2.24, 2.45) is 15.7 Å². The van der Waals surface area contributed by atoms with E-state index in [1.807, 2.05) is 0 Å². The van der Waals surface area contributed by atoms with Gasteiger partial charge < -0.3 is 87.9 Å². The highest BCUT2D eigenvalue weighted by Gasteiger charge is 2.36. The third-order valence-electron chi connectivity index (χ3n) is 13.0. The molecule has 466 valence electrons. The molecule has 0 saturated heterocycles. The molecule has 4 rings (SSSR count). The first-order valence-corrected chi connectivity index (χ1v) is 28.0. The molecule has 2 aromatic carbocycles. The zero-order chi connectivity index (χ0) is 61.8. The number of hydrogen-bond acceptors (Lipinski definition) is 19. The maximum atomic E-state index is 14.4. The van der Waals surface area contributed by atoms with Crippen LogP contribution in [0.3, 0.4) is 0 Å². The molecule has 0 aliphatic carbocycles. The van der Waals surface area contributed by atoms with Crippen molar-refractivity contribution in [2.75, 3.05) is 98.8 Å². The smallest absolute Gasteiger partial charge is 0.326 e. The van der Waals surface area contributed by atoms with Gasteiger partial charge in [0, 0.05) is 50.2 Å². The SMILES string of the molecule is C=CCCC(=O)NCCOCCOCCOCCOCCC(=O)NCCCC[C@H](NC(=O)[C@H](CO)NC(=O)[C@H](CO)NC(=O)[C@H](CC1C=Nc2ccccc21)NC(=O)[C@H](CC1C=Nc2ccccc21)NC(=O)CNC(=O)CNC(=O)CN)C(=O)O. The lowest BCUT2D eigenvalue weighted by atomic mass is 9.91. The number of nitrogens with zero attached hydrogens (tertiary/aromatic N) is 2. The number of nitrogens with one attached hydrogen (secondary N) is 9. The molecule has 9 amide bonds. The summed E-state index contributed by atoms with van der Waals surface area (Å²) < 4.78 is 21.7. The van der Waals surface area contributed by atoms with Crippen LogP contribution in [0.5, 0.6) is 0 Å². The third-order valence-corrected chi connectivity index (χ3v) is 13.0. The van der Waals surface area contributed by atoms with Crippen molar-refractivity contribution < 1.29 is 82.2 Å². The van der Waals surface area contributed by atoms with Gasteiger partial charge in [0.2, 0.25) is 53.2 Å². The molecule has 2 aromatic rings. The summed E-state index contributed by atoms with van der Waals surface area (Å²) in [4.78, 5) is 138. The monoisotopic (exact) mass is 1190 g/mol. The standard InChI is InChI=1S/C56H80N12O17/c1-2-3-15-47(71)59-18-20-83-22-24-85-26-25-84-23-21-82-19-16-48(72)58-17-9-8-14-42(56(80)81)65-54(78)45(34-69)68-55(79)46(35-70)67-53(77)44(28-37-31-61-41-13-7-5-11-39(37)41)66-52(76)43(27-36-30-60-40-12-6-4-10-38(36)40)64-51(75)33-63-50(74)32-62-49(73)29-57/h2,4-7,10-13,30-31,36-37,42-46,69-70H,1,3,8-9,14-29,32-35,57H2,(H,58,72)(H,59,71)(H,62,73)(H,63,74)(H,64,75)(H,65,78)(H,66,76)(H,67,77)(H,68,79)(H,80,81)/t36?,37?,42-,43-,44-,45-,46-/m0/s1. The first-order valence-electron chi connectivity index (χ1n) is 28.0. The number of para-hydroxylation sites is 2. The average Bonchev–Trinajstić information content (AvgIpc) is 4.12. The summed E-state index contributed by atoms with van der Waals surface area (Å²) in [5.74, 6) is -9.04. The third kappa shape index (κ3) is 26.2. The Hall–Kier alpha value is -8.06. The maximum absolute atomic E-state index is 14.4. The summed E-state index contributed by atoms with van der Waals surface area (Å²) in [5, 5.41) is 52.7. The number of aliphatic hydroxyl groups excluding tert-OH is 2. The lowest BCUT2D eigenvalue weighted by Gasteiger charge is -2.27. The van der Waals surface area contributed by atoms with Crippen molar-refractivity contribution in [1.29, 1.82) is 0 Å². The van der Waals surface area contributed by atoms with Gasteiger partial charge in [0.25, 0.3) is 0 Å². The number of fused-ring (bicyclic) bond motifs is 2. The van der Waals surface area contributed by atoms with Crippen LogP contribution in [0.25, 0.3) is 0 Å². The fourth-order valence-electron chi connectivity index (χ4n) is 8.46. The van der Waals surface area contributed by atoms with Crippen molar-refractivity contribution in [3.63, 3.8) is 0 Å². The second-order valence-electron chi connectivity index (χ2n) is 19.4. The van der Waals surface area contributed by atoms with Crippen molar-refractivity contribution in [2.45, 2.75) is 93.4 Å². The number of carbonyl (C=O) groups is 10. The van der Waals surface area contributed by atoms with Crippen molar-refractivity contribution >= 4 is 82.9 Å². The second-order valence-corrected chi connectivity index (χ2v) is 19.4. The molecule has 2 aliphatic rings. The molecular weight excluding hydrogens is 1110 g/mol. The number of carbonyl (C=O) groups excluding carboxylic acids is 9. The molecule has 0 aromatic heterocycles. The van der Waals surface area contributed by atoms with Crippen LogP contribution in [0, 0.1) is 0 Å². The van der Waals surface area contributed by atoms with Gasteiger partial charge in [-0.3, -0.25) is 53.1 Å². The minimum absolute atomic E-state index is 0.0553. The predicted octanol–water partition coefficient (Wildman–Crippen LogP) is -2.72. The Morgan fingerprint density at radius 1 is 0.518 bits per heavy atom. The minimum atomic E-state index is -1.79. The van der Waals surface area contributed by atoms with E-state index in [1.54, 1.807) is 67.0 Å². The molecule has 29 nitrogen and oxygen atoms in total. The summed E-state index contributed by atoms with van der Waals surface area (Å²) in [6.45, 7) is 3.15. The van der Waals surface area contributed by atoms with Crippen LogP contribution in [-0.4, -0.2) is 216 Å². The molecule has 2 heterocycles. The predicted molar refractivity (Wildman–Crippen MR) is 308 cm³/mol. The molecule has 0 saturated carbocycles. The van der Waals surface area contributed by atoms with Gasteiger partial charge in [0.05, 0.1) is 97.1 Å². The topological polar surface area (TPSA) is 427 Å². The molecule has 0 fully saturated rings. The molecule has 0 spiro atoms. The van der Waals surface area contributed by atoms with Gasteiger partial charge in [-0.15, -0.1) is 6.58 Å². The molecule has 29 heteroatoms. The maximum Gasteiger partial charge on any atom is 0.326 e. The fourth-order valence-corrected chi connectivity index (χ4v) is 8.46. The lowest BCUT2D eigenvalue weighted by Crippen LogP contribution is -2.60. The van der Waals surface area contributed by atoms with E-state index >= 15 is 0 Å². The van der Waals surface area contributed by atoms with Crippen molar-refractivity contribution in [3.05, 3.63) is 72.3 Å². The molecule has 85 heavy (non-hydrogen) atoms. The number of carboxylic acid groups (broad SMARTS) is 1. The van der Waals surface area contributed by atoms with Crippen LogP contribution < -0.4 is 53.6 Å². The molecule has 2 aliphatic heterocycles. The normalized spacial score (nSPS) is 15.3. The number of carboxylic acids is 1. The summed E-state index contributed by atoms with van der Waals surface area (Å²) in [6.07, 6.45) is 6.20. The van der Waals surface area contributed by atoms with E-state index in [2.05, 4.69) is 64.4 Å². The first-order chi connectivity index (χ1) is 41.1. The number of aliphatic hydroxyl groups is 2. The number of hydrogen-bond donors (Lipinski definition) is 13. The van der Waals surface area contributed by atoms with E-state index in [9.17, 15) is 63.3 Å². The number of aliphatic imine (C=N–C) groups is 2. The number of unbranched alkanes of at least 4 members (excludes halogenated alkanes) is 1. The summed E-state index contributed by atoms with van der Waals surface area (Å²) in [6, 6.07) is 6.31. The molecule has 2 unspecified atom stereocenters. The minimum Gasteiger partial charge on any atom is -0.480 e. The van der Waals surface area contributed by atoms with Crippen LogP contribution in [0.2, 0.25) is 0 Å². The number of ether oxygens (including phenoxy) is 4. The van der Waals surface area contributed by atoms with E-state index in [1.165, 1.54) is 0 Å². The first kappa shape index (κ1) is 69.4. The molecule has 7 atom stereocenters. The summed E-state index contributed by atoms with van der Waals surface area (Å²) >= 11 is 0. The highest BCUT2D eigenvalue weighted by atomic mass is 16.6. The van der Waals surface area contributed by atoms with Crippen LogP contribution >= 0.6 is 0 Å². The quantitative estimate of drug-likeness (QED) is 0.0237. The fraction of sp³-hybridized carbons (Fsp3) is 0.536. The number of aliphatic carboxylic acids is 1. The summed E-state index contributed by atoms with van der Waals surface area (Å²) in [5.41, 5.74) is 7.97. The Labute approximate surface area is 491 Å². The van der Waals surface area contributed by atoms with Gasteiger partial charge in [-0.1, -0.05) is 42.5 Å². The van der Waals surface area contributed by atoms with Crippen LogP contribution in [0.4, 0.5) is 11.4 Å². The Morgan fingerprint density at radius 2 is 0.965 bits per heavy atom. The van der Waals surface area contributed by atoms with E-state index in [-0.39, 0.29) is 76.8 Å². The molecule has 0 bridgehead atoms. The Morgan fingerprint density at radius 3 is 1.49 bits per heavy atom. The van der Waals surface area contributed by atoms with Gasteiger partial charge in [-0.05, 0) is 61.8 Å². The van der Waals surface area contributed by atoms with Gasteiger partial charge in [-0.25, -0.2) is 4.79 Å². The van der Waals surface area contributed by atoms with Crippen LogP contribution in [-0.2, 0) is 66.9 Å². The van der Waals surface area contributed by atoms with Crippen LogP contribution in [0.15, 0.2) is 71.2 Å². The molecular formula is C56H80N12O17. The highest BCUT2D eigenvalue weighted by molar-refractivity contribution is 5.97. The molecule has 14 N–H and O–H groups in total. The zero-order valence-corrected chi connectivity index (χ0v) is 47.4. The average molecular weight is 1190 g/mol. The van der Waals surface area contributed by atoms with Gasteiger partial charge >= 0.3 is 5.97 Å². The van der Waals surface area contributed by atoms with Gasteiger partial charge in [-0.2, -0.15) is 0 Å². The van der Waals surface area contributed by atoms with E-state index in [0.29, 0.717) is 75.8 Å². The van der Waals surface area contributed by atoms with Crippen LogP contribution in [0.1, 0.15) is 74.3 Å². The van der Waals surface area contributed by atoms with Crippen molar-refractivity contribution in [3.8, 4) is 0 Å². The highest BCUT2D eigenvalue weighted by Crippen LogP contribution is 2.36. The van der Waals surface area contributed by atoms with E-state index in [4.69, 9.17) is 24.7 Å². The summed E-state index contributed by atoms with van der Waals surface area (Å²) in [7, 11) is 0. The number of allylic oxidation sites excluding steroid dienone is 1. The Kier molecular flexibility index (Phi) is 32.2. The largest absolute Gasteiger partial charge is 0.480 e. The number of rotatable bonds is 44. The Bertz CT molecular complexity index is 2610. The van der Waals surface area contributed by atoms with E-state index in [0.717, 1.165) is 5.56 Å². The second kappa shape index (κ2) is 39.5. The number of nitrogens with two attached hydrogens (primary N) is 1. The van der Waals surface area contributed by atoms with E-state index < -0.39 is 116 Å². The lowest BCUT2D eigenvalue weighted by molar-refractivity contribution is -0.143. The van der Waals surface area contributed by atoms with Gasteiger partial charge in [0.1, 0.15) is 30.2 Å². The Balaban J connectivity index is 1.24. The van der Waals surface area contributed by atoms with Crippen molar-refractivity contribution in [1.82, 2.24) is 47.9 Å². The zero-order valence-electron chi connectivity index (χ0n) is 47.4. The molecule has 0 radical (unpaired) electrons. The van der Waals surface area contributed by atoms with Gasteiger partial charge in [0.15, 0.2) is 0 Å². The number of benzene rings is 2. The number of amides is 9.